The number of carbonyl (C=O) groups is 1. The molecule has 0 aliphatic carbocycles. The Kier molecular flexibility index (Phi) is 7.39. The summed E-state index contributed by atoms with van der Waals surface area (Å²) in [5.41, 5.74) is 4.42. The maximum absolute atomic E-state index is 13.4. The van der Waals surface area contributed by atoms with E-state index in [-0.39, 0.29) is 11.3 Å². The van der Waals surface area contributed by atoms with Crippen LogP contribution in [0.4, 0.5) is 18.9 Å². The lowest BCUT2D eigenvalue weighted by molar-refractivity contribution is 0.0566. The van der Waals surface area contributed by atoms with Crippen LogP contribution in [0.15, 0.2) is 85.5 Å². The Morgan fingerprint density at radius 2 is 1.70 bits per heavy atom. The summed E-state index contributed by atoms with van der Waals surface area (Å²) in [4.78, 5) is 26.3. The quantitative estimate of drug-likeness (QED) is 0.197. The molecule has 0 aliphatic heterocycles. The second-order valence-electron chi connectivity index (χ2n) is 9.85. The van der Waals surface area contributed by atoms with Gasteiger partial charge in [-0.1, -0.05) is 12.1 Å². The van der Waals surface area contributed by atoms with Crippen LogP contribution in [0.1, 0.15) is 28.3 Å². The Morgan fingerprint density at radius 1 is 0.955 bits per heavy atom. The van der Waals surface area contributed by atoms with Gasteiger partial charge in [0.2, 0.25) is 0 Å². The van der Waals surface area contributed by atoms with E-state index < -0.39 is 18.3 Å². The molecule has 4 heterocycles. The molecule has 0 fully saturated rings. The predicted molar refractivity (Wildman–Crippen MR) is 157 cm³/mol. The smallest absolute Gasteiger partial charge is 0.333 e. The highest BCUT2D eigenvalue weighted by Crippen LogP contribution is 2.35. The van der Waals surface area contributed by atoms with Gasteiger partial charge in [0.1, 0.15) is 28.4 Å². The first kappa shape index (κ1) is 28.3. The van der Waals surface area contributed by atoms with E-state index in [0.29, 0.717) is 66.5 Å². The van der Waals surface area contributed by atoms with E-state index in [1.807, 2.05) is 0 Å². The van der Waals surface area contributed by atoms with Gasteiger partial charge < -0.3 is 15.2 Å². The topological polar surface area (TPSA) is 115 Å². The molecule has 0 spiro atoms. The monoisotopic (exact) mass is 596 g/mol. The standard InChI is InChI=1S/C32H23F3N6O3/c1-17-24(20-14-38-41(16-20)32(34)35)13-26-29(39-17)27(11-12-36-26)44-23-9-7-22(8-10-23)40-31(43)25-15-37-18(2)28(30(25)42)19-3-5-21(33)6-4-19/h3-16,32H,1-2H3,(H,37,42)(H,40,43). The Bertz CT molecular complexity index is 2010. The molecule has 0 unspecified atom stereocenters. The minimum atomic E-state index is -2.75. The highest BCUT2D eigenvalue weighted by molar-refractivity contribution is 6.07. The third-order valence-corrected chi connectivity index (χ3v) is 6.94. The average Bonchev–Trinajstić information content (AvgIpc) is 3.50. The fraction of sp³-hybridized carbons (Fsp3) is 0.0938. The Hall–Kier alpha value is -5.78. The number of hydrogen-bond donors (Lipinski definition) is 2. The number of halogens is 3. The molecule has 6 aromatic rings. The summed E-state index contributed by atoms with van der Waals surface area (Å²) in [6.45, 7) is 0.696. The second-order valence-corrected chi connectivity index (χ2v) is 9.85. The van der Waals surface area contributed by atoms with E-state index in [1.165, 1.54) is 42.9 Å². The minimum Gasteiger partial charge on any atom is -0.506 e. The van der Waals surface area contributed by atoms with Crippen LogP contribution in [0.2, 0.25) is 0 Å². The zero-order valence-corrected chi connectivity index (χ0v) is 23.3. The number of anilines is 1. The number of nitrogens with zero attached hydrogens (tertiary/aromatic N) is 5. The van der Waals surface area contributed by atoms with Gasteiger partial charge in [0.25, 0.3) is 5.91 Å². The second kappa shape index (κ2) is 11.5. The lowest BCUT2D eigenvalue weighted by Crippen LogP contribution is -2.13. The third-order valence-electron chi connectivity index (χ3n) is 6.94. The van der Waals surface area contributed by atoms with Crippen LogP contribution < -0.4 is 10.1 Å². The summed E-state index contributed by atoms with van der Waals surface area (Å²) in [7, 11) is 0. The molecule has 0 radical (unpaired) electrons. The zero-order chi connectivity index (χ0) is 31.0. The summed E-state index contributed by atoms with van der Waals surface area (Å²) in [6.07, 6.45) is 5.44. The highest BCUT2D eigenvalue weighted by atomic mass is 19.3. The molecule has 4 aromatic heterocycles. The van der Waals surface area contributed by atoms with E-state index in [4.69, 9.17) is 4.74 Å². The maximum Gasteiger partial charge on any atom is 0.333 e. The normalized spacial score (nSPS) is 11.2. The van der Waals surface area contributed by atoms with Gasteiger partial charge in [0.05, 0.1) is 11.7 Å². The van der Waals surface area contributed by atoms with Crippen molar-refractivity contribution in [1.29, 1.82) is 0 Å². The third kappa shape index (κ3) is 5.52. The van der Waals surface area contributed by atoms with E-state index >= 15 is 0 Å². The number of aryl methyl sites for hydroxylation is 2. The number of alkyl halides is 2. The van der Waals surface area contributed by atoms with Crippen LogP contribution in [0.5, 0.6) is 17.2 Å². The van der Waals surface area contributed by atoms with Gasteiger partial charge >= 0.3 is 6.55 Å². The van der Waals surface area contributed by atoms with Gasteiger partial charge in [-0.25, -0.2) is 14.1 Å². The number of ether oxygens (including phenoxy) is 1. The van der Waals surface area contributed by atoms with Gasteiger partial charge in [-0.3, -0.25) is 14.8 Å². The van der Waals surface area contributed by atoms with Crippen LogP contribution in [-0.2, 0) is 0 Å². The molecular formula is C32H23F3N6O3. The Labute approximate surface area is 248 Å². The zero-order valence-electron chi connectivity index (χ0n) is 23.3. The van der Waals surface area contributed by atoms with Crippen LogP contribution in [0, 0.1) is 19.7 Å². The molecule has 2 N–H and O–H groups in total. The number of fused-ring (bicyclic) bond motifs is 1. The molecular weight excluding hydrogens is 573 g/mol. The molecule has 0 atom stereocenters. The summed E-state index contributed by atoms with van der Waals surface area (Å²) in [5.74, 6) is -0.387. The number of amides is 1. The van der Waals surface area contributed by atoms with Crippen molar-refractivity contribution in [2.24, 2.45) is 0 Å². The molecule has 2 aromatic carbocycles. The van der Waals surface area contributed by atoms with Gasteiger partial charge in [-0.05, 0) is 61.9 Å². The summed E-state index contributed by atoms with van der Waals surface area (Å²) < 4.78 is 46.0. The molecule has 0 aliphatic rings. The van der Waals surface area contributed by atoms with Gasteiger partial charge in [-0.15, -0.1) is 0 Å². The lowest BCUT2D eigenvalue weighted by Gasteiger charge is -2.13. The number of benzene rings is 2. The van der Waals surface area contributed by atoms with E-state index in [9.17, 15) is 23.1 Å². The lowest BCUT2D eigenvalue weighted by atomic mass is 10.0. The SMILES string of the molecule is Cc1nc2c(Oc3ccc(NC(=O)c4cnc(C)c(-c5ccc(F)cc5)c4O)cc3)ccnc2cc1-c1cnn(C(F)F)c1. The molecule has 9 nitrogen and oxygen atoms in total. The number of hydrogen-bond acceptors (Lipinski definition) is 7. The molecule has 6 rings (SSSR count). The van der Waals surface area contributed by atoms with Crippen molar-refractivity contribution in [2.45, 2.75) is 20.4 Å². The van der Waals surface area contributed by atoms with Crippen molar-refractivity contribution in [3.05, 3.63) is 108 Å². The maximum atomic E-state index is 13.4. The predicted octanol–water partition coefficient (Wildman–Crippen LogP) is 7.46. The van der Waals surface area contributed by atoms with Crippen molar-refractivity contribution < 1.29 is 27.8 Å². The van der Waals surface area contributed by atoms with Crippen molar-refractivity contribution in [3.8, 4) is 39.5 Å². The van der Waals surface area contributed by atoms with Crippen LogP contribution in [0.25, 0.3) is 33.3 Å². The van der Waals surface area contributed by atoms with Crippen LogP contribution >= 0.6 is 0 Å². The minimum absolute atomic E-state index is 0.0409. The molecule has 0 saturated heterocycles. The van der Waals surface area contributed by atoms with E-state index in [1.54, 1.807) is 56.4 Å². The first-order chi connectivity index (χ1) is 21.2. The van der Waals surface area contributed by atoms with Gasteiger partial charge in [0.15, 0.2) is 5.75 Å². The largest absolute Gasteiger partial charge is 0.506 e. The average molecular weight is 597 g/mol. The van der Waals surface area contributed by atoms with Crippen molar-refractivity contribution in [2.75, 3.05) is 5.32 Å². The fourth-order valence-electron chi connectivity index (χ4n) is 4.75. The van der Waals surface area contributed by atoms with Crippen LogP contribution in [0.3, 0.4) is 0 Å². The van der Waals surface area contributed by atoms with Crippen molar-refractivity contribution in [3.63, 3.8) is 0 Å². The number of pyridine rings is 3. The van der Waals surface area contributed by atoms with E-state index in [2.05, 4.69) is 25.4 Å². The number of rotatable bonds is 7. The molecule has 0 saturated carbocycles. The summed E-state index contributed by atoms with van der Waals surface area (Å²) in [5, 5.41) is 17.3. The van der Waals surface area contributed by atoms with Gasteiger partial charge in [-0.2, -0.15) is 13.9 Å². The Morgan fingerprint density at radius 3 is 2.41 bits per heavy atom. The fourth-order valence-corrected chi connectivity index (χ4v) is 4.75. The first-order valence-electron chi connectivity index (χ1n) is 13.3. The molecule has 220 valence electrons. The number of aromatic hydroxyl groups is 1. The van der Waals surface area contributed by atoms with Gasteiger partial charge in [0, 0.05) is 58.4 Å². The molecule has 1 amide bonds. The molecule has 44 heavy (non-hydrogen) atoms. The summed E-state index contributed by atoms with van der Waals surface area (Å²) >= 11 is 0. The first-order valence-corrected chi connectivity index (χ1v) is 13.3. The summed E-state index contributed by atoms with van der Waals surface area (Å²) in [6, 6.07) is 15.5. The van der Waals surface area contributed by atoms with Crippen molar-refractivity contribution in [1.82, 2.24) is 24.7 Å². The van der Waals surface area contributed by atoms with Crippen molar-refractivity contribution >= 4 is 22.6 Å². The Balaban J connectivity index is 1.20. The number of aromatic nitrogens is 5. The molecule has 0 bridgehead atoms. The number of nitrogens with one attached hydrogen (secondary N) is 1. The van der Waals surface area contributed by atoms with Crippen LogP contribution in [-0.4, -0.2) is 35.7 Å². The number of carbonyl (C=O) groups excluding carboxylic acids is 1. The van der Waals surface area contributed by atoms with E-state index in [0.717, 1.165) is 0 Å². The molecule has 12 heteroatoms. The highest BCUT2D eigenvalue weighted by Gasteiger charge is 2.20.